The first-order valence-electron chi connectivity index (χ1n) is 4.29. The summed E-state index contributed by atoms with van der Waals surface area (Å²) in [7, 11) is 0. The molecule has 0 unspecified atom stereocenters. The molecule has 5 heteroatoms. The molecule has 14 heavy (non-hydrogen) atoms. The average molecular weight is 324 g/mol. The Balaban J connectivity index is 2.90. The van der Waals surface area contributed by atoms with E-state index in [0.717, 1.165) is 21.5 Å². The van der Waals surface area contributed by atoms with Crippen LogP contribution in [-0.2, 0) is 17.9 Å². The van der Waals surface area contributed by atoms with Crippen molar-refractivity contribution in [3.05, 3.63) is 27.7 Å². The van der Waals surface area contributed by atoms with Gasteiger partial charge in [0.2, 0.25) is 0 Å². The Labute approximate surface area is 100 Å². The molecule has 0 spiro atoms. The fraction of sp³-hybridized carbons (Fsp3) is 0.444. The number of imidazole rings is 1. The first kappa shape index (κ1) is 11.9. The summed E-state index contributed by atoms with van der Waals surface area (Å²) in [6.07, 6.45) is 2.56. The van der Waals surface area contributed by atoms with Crippen LogP contribution in [0.3, 0.4) is 0 Å². The van der Waals surface area contributed by atoms with Crippen molar-refractivity contribution in [2.24, 2.45) is 0 Å². The molecule has 0 saturated carbocycles. The van der Waals surface area contributed by atoms with Gasteiger partial charge in [0.1, 0.15) is 21.8 Å². The fourth-order valence-electron chi connectivity index (χ4n) is 1.04. The quantitative estimate of drug-likeness (QED) is 0.778. The zero-order valence-electron chi connectivity index (χ0n) is 7.96. The molecule has 0 fully saturated rings. The minimum atomic E-state index is 0.513. The van der Waals surface area contributed by atoms with Crippen molar-refractivity contribution < 1.29 is 4.74 Å². The van der Waals surface area contributed by atoms with E-state index < -0.39 is 0 Å². The Morgan fingerprint density at radius 1 is 1.57 bits per heavy atom. The topological polar surface area (TPSA) is 27.1 Å². The molecule has 0 radical (unpaired) electrons. The van der Waals surface area contributed by atoms with Crippen molar-refractivity contribution in [1.29, 1.82) is 0 Å². The second-order valence-electron chi connectivity index (χ2n) is 2.65. The van der Waals surface area contributed by atoms with Crippen molar-refractivity contribution in [3.63, 3.8) is 0 Å². The lowest BCUT2D eigenvalue weighted by Crippen LogP contribution is -2.06. The molecule has 1 aromatic rings. The SMILES string of the molecule is C=CCc1nc(Br)c(Br)n1COCC. The van der Waals surface area contributed by atoms with Gasteiger partial charge < -0.3 is 4.74 Å². The Morgan fingerprint density at radius 2 is 2.29 bits per heavy atom. The Hall–Kier alpha value is -0.130. The lowest BCUT2D eigenvalue weighted by Gasteiger charge is -2.07. The third kappa shape index (κ3) is 2.68. The van der Waals surface area contributed by atoms with Gasteiger partial charge in [-0.2, -0.15) is 0 Å². The number of halogens is 2. The molecule has 0 aliphatic heterocycles. The minimum absolute atomic E-state index is 0.513. The zero-order valence-corrected chi connectivity index (χ0v) is 11.1. The monoisotopic (exact) mass is 322 g/mol. The molecule has 0 aliphatic carbocycles. The summed E-state index contributed by atoms with van der Waals surface area (Å²) >= 11 is 6.80. The molecule has 1 aromatic heterocycles. The van der Waals surface area contributed by atoms with Gasteiger partial charge in [0.05, 0.1) is 0 Å². The maximum absolute atomic E-state index is 5.34. The molecule has 78 valence electrons. The second kappa shape index (κ2) is 5.68. The predicted octanol–water partition coefficient (Wildman–Crippen LogP) is 3.13. The van der Waals surface area contributed by atoms with Crippen molar-refractivity contribution >= 4 is 31.9 Å². The Kier molecular flexibility index (Phi) is 4.84. The third-order valence-electron chi connectivity index (χ3n) is 1.70. The standard InChI is InChI=1S/C9H12Br2N2O/c1-3-5-7-12-8(10)9(11)13(7)6-14-4-2/h3H,1,4-6H2,2H3. The lowest BCUT2D eigenvalue weighted by atomic mass is 10.4. The van der Waals surface area contributed by atoms with E-state index in [9.17, 15) is 0 Å². The van der Waals surface area contributed by atoms with Crippen LogP contribution >= 0.6 is 31.9 Å². The molecule has 0 aliphatic rings. The number of allylic oxidation sites excluding steroid dienone is 1. The van der Waals surface area contributed by atoms with Gasteiger partial charge in [-0.05, 0) is 38.8 Å². The van der Waals surface area contributed by atoms with Crippen molar-refractivity contribution in [1.82, 2.24) is 9.55 Å². The van der Waals surface area contributed by atoms with E-state index >= 15 is 0 Å². The summed E-state index contributed by atoms with van der Waals surface area (Å²) in [4.78, 5) is 4.33. The molecule has 3 nitrogen and oxygen atoms in total. The smallest absolute Gasteiger partial charge is 0.139 e. The van der Waals surface area contributed by atoms with Crippen LogP contribution in [0.5, 0.6) is 0 Å². The predicted molar refractivity (Wildman–Crippen MR) is 63.2 cm³/mol. The zero-order chi connectivity index (χ0) is 10.6. The van der Waals surface area contributed by atoms with E-state index in [1.807, 2.05) is 17.6 Å². The normalized spacial score (nSPS) is 10.5. The van der Waals surface area contributed by atoms with Crippen LogP contribution in [0.1, 0.15) is 12.7 Å². The van der Waals surface area contributed by atoms with E-state index in [2.05, 4.69) is 43.4 Å². The van der Waals surface area contributed by atoms with Crippen molar-refractivity contribution in [3.8, 4) is 0 Å². The average Bonchev–Trinajstić information content (AvgIpc) is 2.42. The molecule has 0 amide bonds. The molecule has 0 saturated heterocycles. The van der Waals surface area contributed by atoms with E-state index in [4.69, 9.17) is 4.74 Å². The molecule has 0 aromatic carbocycles. The fourth-order valence-corrected chi connectivity index (χ4v) is 1.86. The van der Waals surface area contributed by atoms with Crippen LogP contribution in [0.15, 0.2) is 21.9 Å². The summed E-state index contributed by atoms with van der Waals surface area (Å²) in [5, 5.41) is 0. The van der Waals surface area contributed by atoms with Crippen molar-refractivity contribution in [2.45, 2.75) is 20.1 Å². The highest BCUT2D eigenvalue weighted by Crippen LogP contribution is 2.24. The molecular formula is C9H12Br2N2O. The third-order valence-corrected chi connectivity index (χ3v) is 3.59. The number of ether oxygens (including phenoxy) is 1. The second-order valence-corrected chi connectivity index (χ2v) is 4.15. The van der Waals surface area contributed by atoms with Gasteiger partial charge in [0.15, 0.2) is 0 Å². The summed E-state index contributed by atoms with van der Waals surface area (Å²) in [6.45, 7) is 6.86. The summed E-state index contributed by atoms with van der Waals surface area (Å²) in [6, 6.07) is 0. The van der Waals surface area contributed by atoms with Crippen molar-refractivity contribution in [2.75, 3.05) is 6.61 Å². The van der Waals surface area contributed by atoms with E-state index in [-0.39, 0.29) is 0 Å². The van der Waals surface area contributed by atoms with E-state index in [1.165, 1.54) is 0 Å². The van der Waals surface area contributed by atoms with Gasteiger partial charge in [-0.25, -0.2) is 4.98 Å². The molecule has 0 atom stereocenters. The van der Waals surface area contributed by atoms with Gasteiger partial charge in [0.25, 0.3) is 0 Å². The van der Waals surface area contributed by atoms with Gasteiger partial charge in [-0.1, -0.05) is 6.08 Å². The highest BCUT2D eigenvalue weighted by atomic mass is 79.9. The molecular weight excluding hydrogens is 312 g/mol. The molecule has 0 N–H and O–H groups in total. The summed E-state index contributed by atoms with van der Waals surface area (Å²) in [5.41, 5.74) is 0. The van der Waals surface area contributed by atoms with Crippen LogP contribution < -0.4 is 0 Å². The maximum Gasteiger partial charge on any atom is 0.139 e. The van der Waals surface area contributed by atoms with Crippen LogP contribution in [0.4, 0.5) is 0 Å². The largest absolute Gasteiger partial charge is 0.361 e. The molecule has 1 rings (SSSR count). The van der Waals surface area contributed by atoms with Gasteiger partial charge in [-0.15, -0.1) is 6.58 Å². The van der Waals surface area contributed by atoms with Crippen LogP contribution in [-0.4, -0.2) is 16.2 Å². The lowest BCUT2D eigenvalue weighted by molar-refractivity contribution is 0.0845. The first-order valence-corrected chi connectivity index (χ1v) is 5.88. The number of aromatic nitrogens is 2. The summed E-state index contributed by atoms with van der Waals surface area (Å²) in [5.74, 6) is 0.937. The van der Waals surface area contributed by atoms with E-state index in [0.29, 0.717) is 13.3 Å². The van der Waals surface area contributed by atoms with E-state index in [1.54, 1.807) is 0 Å². The number of nitrogens with zero attached hydrogens (tertiary/aromatic N) is 2. The molecule has 1 heterocycles. The van der Waals surface area contributed by atoms with Gasteiger partial charge >= 0.3 is 0 Å². The molecule has 0 bridgehead atoms. The maximum atomic E-state index is 5.34. The van der Waals surface area contributed by atoms with Gasteiger partial charge in [-0.3, -0.25) is 4.57 Å². The van der Waals surface area contributed by atoms with Crippen LogP contribution in [0.2, 0.25) is 0 Å². The van der Waals surface area contributed by atoms with Crippen LogP contribution in [0, 0.1) is 0 Å². The Bertz CT molecular complexity index is 323. The number of hydrogen-bond acceptors (Lipinski definition) is 2. The summed E-state index contributed by atoms with van der Waals surface area (Å²) < 4.78 is 9.01. The highest BCUT2D eigenvalue weighted by molar-refractivity contribution is 9.13. The van der Waals surface area contributed by atoms with Gasteiger partial charge in [0, 0.05) is 13.0 Å². The number of rotatable bonds is 5. The number of hydrogen-bond donors (Lipinski definition) is 0. The minimum Gasteiger partial charge on any atom is -0.361 e. The van der Waals surface area contributed by atoms with Crippen LogP contribution in [0.25, 0.3) is 0 Å². The first-order chi connectivity index (χ1) is 6.70. The highest BCUT2D eigenvalue weighted by Gasteiger charge is 2.11. The Morgan fingerprint density at radius 3 is 2.86 bits per heavy atom.